The fourth-order valence-electron chi connectivity index (χ4n) is 1.90. The van der Waals surface area contributed by atoms with Gasteiger partial charge in [0.25, 0.3) is 0 Å². The van der Waals surface area contributed by atoms with E-state index in [2.05, 4.69) is 31.1 Å². The molecule has 0 aliphatic heterocycles. The SMILES string of the molecule is CNC(CC(C)C)c1c(C)ccnc1N. The van der Waals surface area contributed by atoms with Crippen LogP contribution in [0.15, 0.2) is 12.3 Å². The molecule has 0 aliphatic carbocycles. The topological polar surface area (TPSA) is 50.9 Å². The van der Waals surface area contributed by atoms with Crippen molar-refractivity contribution in [3.8, 4) is 0 Å². The molecule has 1 aromatic rings. The molecule has 3 nitrogen and oxygen atoms in total. The molecule has 3 heteroatoms. The number of aromatic nitrogens is 1. The number of hydrogen-bond donors (Lipinski definition) is 2. The molecule has 3 N–H and O–H groups in total. The Hall–Kier alpha value is -1.09. The minimum atomic E-state index is 0.304. The Morgan fingerprint density at radius 2 is 2.13 bits per heavy atom. The first-order valence-corrected chi connectivity index (χ1v) is 5.44. The predicted octanol–water partition coefficient (Wildman–Crippen LogP) is 2.28. The lowest BCUT2D eigenvalue weighted by molar-refractivity contribution is 0.455. The summed E-state index contributed by atoms with van der Waals surface area (Å²) in [5.41, 5.74) is 8.28. The largest absolute Gasteiger partial charge is 0.383 e. The standard InChI is InChI=1S/C12H21N3/c1-8(2)7-10(14-4)11-9(3)5-6-15-12(11)13/h5-6,8,10,14H,7H2,1-4H3,(H2,13,15). The van der Waals surface area contributed by atoms with Gasteiger partial charge in [-0.15, -0.1) is 0 Å². The molecule has 1 unspecified atom stereocenters. The first-order chi connectivity index (χ1) is 7.06. The van der Waals surface area contributed by atoms with Crippen molar-refractivity contribution in [2.75, 3.05) is 12.8 Å². The van der Waals surface area contributed by atoms with E-state index in [1.165, 1.54) is 5.56 Å². The molecule has 0 aliphatic rings. The fourth-order valence-corrected chi connectivity index (χ4v) is 1.90. The minimum Gasteiger partial charge on any atom is -0.383 e. The summed E-state index contributed by atoms with van der Waals surface area (Å²) >= 11 is 0. The van der Waals surface area contributed by atoms with Crippen LogP contribution in [-0.4, -0.2) is 12.0 Å². The van der Waals surface area contributed by atoms with E-state index in [1.807, 2.05) is 13.1 Å². The van der Waals surface area contributed by atoms with Crippen LogP contribution in [0.25, 0.3) is 0 Å². The first kappa shape index (κ1) is 12.0. The van der Waals surface area contributed by atoms with Crippen molar-refractivity contribution in [3.05, 3.63) is 23.4 Å². The van der Waals surface area contributed by atoms with Gasteiger partial charge in [-0.3, -0.25) is 0 Å². The number of nitrogens with zero attached hydrogens (tertiary/aromatic N) is 1. The Morgan fingerprint density at radius 1 is 1.47 bits per heavy atom. The van der Waals surface area contributed by atoms with E-state index >= 15 is 0 Å². The van der Waals surface area contributed by atoms with Gasteiger partial charge in [-0.2, -0.15) is 0 Å². The van der Waals surface area contributed by atoms with E-state index in [4.69, 9.17) is 5.73 Å². The molecular weight excluding hydrogens is 186 g/mol. The van der Waals surface area contributed by atoms with Gasteiger partial charge in [0.15, 0.2) is 0 Å². The number of pyridine rings is 1. The van der Waals surface area contributed by atoms with Crippen molar-refractivity contribution in [1.82, 2.24) is 10.3 Å². The van der Waals surface area contributed by atoms with Gasteiger partial charge in [0, 0.05) is 17.8 Å². The summed E-state index contributed by atoms with van der Waals surface area (Å²) in [6.45, 7) is 6.51. The Labute approximate surface area is 92.1 Å². The van der Waals surface area contributed by atoms with Crippen LogP contribution >= 0.6 is 0 Å². The second-order valence-electron chi connectivity index (χ2n) is 4.40. The molecule has 1 rings (SSSR count). The number of aryl methyl sites for hydroxylation is 1. The number of nitrogens with two attached hydrogens (primary N) is 1. The maximum Gasteiger partial charge on any atom is 0.128 e. The van der Waals surface area contributed by atoms with E-state index in [0.717, 1.165) is 12.0 Å². The zero-order valence-electron chi connectivity index (χ0n) is 10.0. The fraction of sp³-hybridized carbons (Fsp3) is 0.583. The summed E-state index contributed by atoms with van der Waals surface area (Å²) in [5, 5.41) is 3.31. The predicted molar refractivity (Wildman–Crippen MR) is 64.6 cm³/mol. The Kier molecular flexibility index (Phi) is 4.09. The molecule has 1 atom stereocenters. The van der Waals surface area contributed by atoms with Crippen molar-refractivity contribution < 1.29 is 0 Å². The summed E-state index contributed by atoms with van der Waals surface area (Å²) in [7, 11) is 1.97. The average Bonchev–Trinajstić information content (AvgIpc) is 2.15. The highest BCUT2D eigenvalue weighted by molar-refractivity contribution is 5.46. The number of nitrogen functional groups attached to an aromatic ring is 1. The van der Waals surface area contributed by atoms with Gasteiger partial charge in [-0.25, -0.2) is 4.98 Å². The summed E-state index contributed by atoms with van der Waals surface area (Å²) in [4.78, 5) is 4.15. The molecule has 1 heterocycles. The van der Waals surface area contributed by atoms with Crippen molar-refractivity contribution >= 4 is 5.82 Å². The van der Waals surface area contributed by atoms with Crippen LogP contribution in [0.2, 0.25) is 0 Å². The molecular formula is C12H21N3. The van der Waals surface area contributed by atoms with Gasteiger partial charge < -0.3 is 11.1 Å². The van der Waals surface area contributed by atoms with Crippen molar-refractivity contribution in [2.45, 2.75) is 33.2 Å². The molecule has 1 aromatic heterocycles. The quantitative estimate of drug-likeness (QED) is 0.796. The maximum absolute atomic E-state index is 5.92. The van der Waals surface area contributed by atoms with Crippen molar-refractivity contribution in [3.63, 3.8) is 0 Å². The van der Waals surface area contributed by atoms with Gasteiger partial charge in [0.2, 0.25) is 0 Å². The van der Waals surface area contributed by atoms with E-state index < -0.39 is 0 Å². The van der Waals surface area contributed by atoms with E-state index in [1.54, 1.807) is 6.20 Å². The van der Waals surface area contributed by atoms with Crippen LogP contribution in [0, 0.1) is 12.8 Å². The van der Waals surface area contributed by atoms with E-state index in [-0.39, 0.29) is 0 Å². The molecule has 15 heavy (non-hydrogen) atoms. The van der Waals surface area contributed by atoms with Crippen LogP contribution < -0.4 is 11.1 Å². The second kappa shape index (κ2) is 5.12. The van der Waals surface area contributed by atoms with Crippen LogP contribution in [0.4, 0.5) is 5.82 Å². The highest BCUT2D eigenvalue weighted by Crippen LogP contribution is 2.27. The third kappa shape index (κ3) is 2.93. The van der Waals surface area contributed by atoms with Gasteiger partial charge in [0.05, 0.1) is 0 Å². The van der Waals surface area contributed by atoms with Gasteiger partial charge >= 0.3 is 0 Å². The number of nitrogens with one attached hydrogen (secondary N) is 1. The smallest absolute Gasteiger partial charge is 0.128 e. The molecule has 0 amide bonds. The molecule has 84 valence electrons. The highest BCUT2D eigenvalue weighted by atomic mass is 14.9. The lowest BCUT2D eigenvalue weighted by Crippen LogP contribution is -2.21. The van der Waals surface area contributed by atoms with Crippen molar-refractivity contribution in [2.24, 2.45) is 5.92 Å². The lowest BCUT2D eigenvalue weighted by atomic mass is 9.94. The second-order valence-corrected chi connectivity index (χ2v) is 4.40. The van der Waals surface area contributed by atoms with Crippen molar-refractivity contribution in [1.29, 1.82) is 0 Å². The summed E-state index contributed by atoms with van der Waals surface area (Å²) in [6, 6.07) is 2.31. The van der Waals surface area contributed by atoms with Gasteiger partial charge in [-0.1, -0.05) is 13.8 Å². The Bertz CT molecular complexity index is 300. The number of anilines is 1. The molecule has 0 saturated carbocycles. The van der Waals surface area contributed by atoms with Crippen LogP contribution in [0.3, 0.4) is 0 Å². The normalized spacial score (nSPS) is 13.1. The number of rotatable bonds is 4. The van der Waals surface area contributed by atoms with Gasteiger partial charge in [0.1, 0.15) is 5.82 Å². The Balaban J connectivity index is 3.00. The zero-order valence-corrected chi connectivity index (χ0v) is 10.0. The number of hydrogen-bond acceptors (Lipinski definition) is 3. The molecule has 0 saturated heterocycles. The minimum absolute atomic E-state index is 0.304. The highest BCUT2D eigenvalue weighted by Gasteiger charge is 2.16. The molecule has 0 bridgehead atoms. The summed E-state index contributed by atoms with van der Waals surface area (Å²) < 4.78 is 0. The lowest BCUT2D eigenvalue weighted by Gasteiger charge is -2.21. The summed E-state index contributed by atoms with van der Waals surface area (Å²) in [6.07, 6.45) is 2.84. The third-order valence-corrected chi connectivity index (χ3v) is 2.64. The van der Waals surface area contributed by atoms with E-state index in [0.29, 0.717) is 17.8 Å². The van der Waals surface area contributed by atoms with Gasteiger partial charge in [-0.05, 0) is 37.9 Å². The van der Waals surface area contributed by atoms with Crippen LogP contribution in [0.1, 0.15) is 37.4 Å². The van der Waals surface area contributed by atoms with Crippen LogP contribution in [-0.2, 0) is 0 Å². The Morgan fingerprint density at radius 3 is 2.60 bits per heavy atom. The van der Waals surface area contributed by atoms with E-state index in [9.17, 15) is 0 Å². The monoisotopic (exact) mass is 207 g/mol. The molecule has 0 fully saturated rings. The maximum atomic E-state index is 5.92. The zero-order chi connectivity index (χ0) is 11.4. The first-order valence-electron chi connectivity index (χ1n) is 5.44. The average molecular weight is 207 g/mol. The van der Waals surface area contributed by atoms with Crippen LogP contribution in [0.5, 0.6) is 0 Å². The third-order valence-electron chi connectivity index (χ3n) is 2.64. The molecule has 0 radical (unpaired) electrons. The summed E-state index contributed by atoms with van der Waals surface area (Å²) in [5.74, 6) is 1.29. The molecule has 0 aromatic carbocycles. The molecule has 0 spiro atoms.